The van der Waals surface area contributed by atoms with Gasteiger partial charge in [0.2, 0.25) is 0 Å². The minimum absolute atomic E-state index is 0.0214. The lowest BCUT2D eigenvalue weighted by atomic mass is 10.1. The smallest absolute Gasteiger partial charge is 0.253 e. The van der Waals surface area contributed by atoms with Crippen molar-refractivity contribution in [1.29, 1.82) is 0 Å². The molecule has 5 rings (SSSR count). The number of nitrogens with zero attached hydrogens (tertiary/aromatic N) is 3. The molecule has 1 aliphatic heterocycles. The van der Waals surface area contributed by atoms with Crippen LogP contribution in [0.4, 0.5) is 5.69 Å². The summed E-state index contributed by atoms with van der Waals surface area (Å²) < 4.78 is 9.00. The van der Waals surface area contributed by atoms with Crippen molar-refractivity contribution in [2.24, 2.45) is 0 Å². The second-order valence-corrected chi connectivity index (χ2v) is 9.02. The van der Waals surface area contributed by atoms with E-state index in [9.17, 15) is 4.79 Å². The monoisotopic (exact) mass is 505 g/mol. The Bertz CT molecular complexity index is 1250. The summed E-state index contributed by atoms with van der Waals surface area (Å²) in [4.78, 5) is 17.9. The van der Waals surface area contributed by atoms with E-state index in [1.54, 1.807) is 11.8 Å². The zero-order valence-electron chi connectivity index (χ0n) is 18.1. The average molecular weight is 506 g/mol. The molecule has 2 aromatic carbocycles. The fourth-order valence-electron chi connectivity index (χ4n) is 4.07. The van der Waals surface area contributed by atoms with Crippen LogP contribution in [0.15, 0.2) is 77.7 Å². The molecule has 0 radical (unpaired) electrons. The van der Waals surface area contributed by atoms with E-state index in [4.69, 9.17) is 15.6 Å². The standard InChI is InChI=1S/C25H24BrN5O2/c1-16-24(32)30(13-11-17-2-6-20(27)7-3-17)25(33-16)22-15-31(21-8-4-19(26)5-9-21)29-23(22)18-10-12-28-14-18/h2-10,12,14-16,25,28H,11,13,27H2,1H3/t16-,25-/m1/s1. The lowest BCUT2D eigenvalue weighted by molar-refractivity contribution is -0.130. The Hall–Kier alpha value is -3.36. The van der Waals surface area contributed by atoms with Crippen molar-refractivity contribution in [1.82, 2.24) is 19.7 Å². The molecule has 8 heteroatoms. The number of carbonyl (C=O) groups is 1. The first-order valence-corrected chi connectivity index (χ1v) is 11.6. The minimum atomic E-state index is -0.518. The van der Waals surface area contributed by atoms with E-state index < -0.39 is 12.3 Å². The van der Waals surface area contributed by atoms with Crippen LogP contribution in [-0.4, -0.2) is 38.2 Å². The number of aromatic nitrogens is 3. The van der Waals surface area contributed by atoms with Crippen molar-refractivity contribution in [3.8, 4) is 16.9 Å². The van der Waals surface area contributed by atoms with Gasteiger partial charge in [0.05, 0.1) is 5.69 Å². The van der Waals surface area contributed by atoms with Crippen LogP contribution in [0, 0.1) is 0 Å². The maximum atomic E-state index is 13.0. The summed E-state index contributed by atoms with van der Waals surface area (Å²) in [6.07, 6.45) is 5.39. The van der Waals surface area contributed by atoms with Crippen molar-refractivity contribution in [3.05, 3.63) is 88.8 Å². The second kappa shape index (κ2) is 8.88. The predicted octanol–water partition coefficient (Wildman–Crippen LogP) is 4.70. The van der Waals surface area contributed by atoms with Crippen molar-refractivity contribution in [3.63, 3.8) is 0 Å². The van der Waals surface area contributed by atoms with Gasteiger partial charge in [-0.05, 0) is 61.4 Å². The summed E-state index contributed by atoms with van der Waals surface area (Å²) >= 11 is 3.48. The Balaban J connectivity index is 1.50. The fourth-order valence-corrected chi connectivity index (χ4v) is 4.33. The van der Waals surface area contributed by atoms with Crippen LogP contribution in [0.3, 0.4) is 0 Å². The first kappa shape index (κ1) is 21.5. The van der Waals surface area contributed by atoms with E-state index in [0.717, 1.165) is 38.2 Å². The van der Waals surface area contributed by atoms with Crippen LogP contribution in [-0.2, 0) is 16.0 Å². The van der Waals surface area contributed by atoms with Crippen LogP contribution < -0.4 is 5.73 Å². The number of hydrogen-bond donors (Lipinski definition) is 2. The van der Waals surface area contributed by atoms with Gasteiger partial charge in [0.15, 0.2) is 6.23 Å². The Morgan fingerprint density at radius 1 is 1.12 bits per heavy atom. The molecule has 0 saturated carbocycles. The molecule has 1 saturated heterocycles. The number of carbonyl (C=O) groups excluding carboxylic acids is 1. The molecule has 0 spiro atoms. The number of nitrogens with two attached hydrogens (primary N) is 1. The van der Waals surface area contributed by atoms with Gasteiger partial charge in [0, 0.05) is 46.4 Å². The number of rotatable bonds is 6. The van der Waals surface area contributed by atoms with Crippen LogP contribution in [0.5, 0.6) is 0 Å². The Morgan fingerprint density at radius 2 is 1.88 bits per heavy atom. The number of hydrogen-bond acceptors (Lipinski definition) is 4. The SMILES string of the molecule is C[C@H]1O[C@H](c2cn(-c3ccc(Br)cc3)nc2-c2cc[nH]c2)N(CCc2ccc(N)cc2)C1=O. The fraction of sp³-hybridized carbons (Fsp3) is 0.200. The summed E-state index contributed by atoms with van der Waals surface area (Å²) in [7, 11) is 0. The quantitative estimate of drug-likeness (QED) is 0.371. The van der Waals surface area contributed by atoms with E-state index in [1.807, 2.05) is 77.9 Å². The number of nitrogens with one attached hydrogen (secondary N) is 1. The molecule has 1 amide bonds. The number of benzene rings is 2. The van der Waals surface area contributed by atoms with Gasteiger partial charge in [-0.1, -0.05) is 28.1 Å². The summed E-state index contributed by atoms with van der Waals surface area (Å²) in [5.74, 6) is -0.0214. The van der Waals surface area contributed by atoms with Gasteiger partial charge in [0.25, 0.3) is 5.91 Å². The van der Waals surface area contributed by atoms with E-state index in [1.165, 1.54) is 0 Å². The molecule has 2 aromatic heterocycles. The van der Waals surface area contributed by atoms with Crippen LogP contribution in [0.2, 0.25) is 0 Å². The van der Waals surface area contributed by atoms with E-state index in [0.29, 0.717) is 13.0 Å². The van der Waals surface area contributed by atoms with Gasteiger partial charge >= 0.3 is 0 Å². The molecule has 3 N–H and O–H groups in total. The average Bonchev–Trinajstić information content (AvgIpc) is 3.54. The van der Waals surface area contributed by atoms with Crippen molar-refractivity contribution >= 4 is 27.5 Å². The molecule has 2 atom stereocenters. The Kier molecular flexibility index (Phi) is 5.78. The lowest BCUT2D eigenvalue weighted by Crippen LogP contribution is -2.32. The van der Waals surface area contributed by atoms with Gasteiger partial charge in [-0.3, -0.25) is 4.79 Å². The largest absolute Gasteiger partial charge is 0.399 e. The number of amides is 1. The van der Waals surface area contributed by atoms with Gasteiger partial charge in [-0.2, -0.15) is 5.10 Å². The van der Waals surface area contributed by atoms with Crippen molar-refractivity contribution < 1.29 is 9.53 Å². The Morgan fingerprint density at radius 3 is 2.58 bits per heavy atom. The highest BCUT2D eigenvalue weighted by atomic mass is 79.9. The molecule has 7 nitrogen and oxygen atoms in total. The third kappa shape index (κ3) is 4.31. The summed E-state index contributed by atoms with van der Waals surface area (Å²) in [6, 6.07) is 17.6. The molecule has 33 heavy (non-hydrogen) atoms. The van der Waals surface area contributed by atoms with Gasteiger partial charge in [-0.15, -0.1) is 0 Å². The summed E-state index contributed by atoms with van der Waals surface area (Å²) in [6.45, 7) is 2.33. The van der Waals surface area contributed by atoms with Crippen molar-refractivity contribution in [2.45, 2.75) is 25.7 Å². The van der Waals surface area contributed by atoms with Crippen molar-refractivity contribution in [2.75, 3.05) is 12.3 Å². The summed E-state index contributed by atoms with van der Waals surface area (Å²) in [5.41, 5.74) is 11.1. The van der Waals surface area contributed by atoms with E-state index in [-0.39, 0.29) is 5.91 Å². The topological polar surface area (TPSA) is 89.2 Å². The number of nitrogen functional groups attached to an aromatic ring is 1. The molecule has 4 aromatic rings. The molecule has 168 valence electrons. The zero-order chi connectivity index (χ0) is 22.9. The first-order chi connectivity index (χ1) is 16.0. The maximum Gasteiger partial charge on any atom is 0.253 e. The number of H-pyrrole nitrogens is 1. The van der Waals surface area contributed by atoms with Crippen LogP contribution >= 0.6 is 15.9 Å². The van der Waals surface area contributed by atoms with Gasteiger partial charge in [0.1, 0.15) is 11.8 Å². The van der Waals surface area contributed by atoms with E-state index >= 15 is 0 Å². The number of halogens is 1. The molecular weight excluding hydrogens is 482 g/mol. The Labute approximate surface area is 200 Å². The molecular formula is C25H24BrN5O2. The number of anilines is 1. The summed E-state index contributed by atoms with van der Waals surface area (Å²) in [5, 5.41) is 4.86. The minimum Gasteiger partial charge on any atom is -0.399 e. The molecule has 1 aliphatic rings. The second-order valence-electron chi connectivity index (χ2n) is 8.11. The zero-order valence-corrected chi connectivity index (χ0v) is 19.7. The van der Waals surface area contributed by atoms with E-state index in [2.05, 4.69) is 20.9 Å². The lowest BCUT2D eigenvalue weighted by Gasteiger charge is -2.23. The maximum absolute atomic E-state index is 13.0. The molecule has 3 heterocycles. The van der Waals surface area contributed by atoms with Crippen LogP contribution in [0.25, 0.3) is 16.9 Å². The molecule has 1 fully saturated rings. The normalized spacial score (nSPS) is 18.2. The highest BCUT2D eigenvalue weighted by Crippen LogP contribution is 2.37. The molecule has 0 aliphatic carbocycles. The van der Waals surface area contributed by atoms with Gasteiger partial charge in [-0.25, -0.2) is 4.68 Å². The number of ether oxygens (including phenoxy) is 1. The molecule has 0 bridgehead atoms. The molecule has 0 unspecified atom stereocenters. The van der Waals surface area contributed by atoms with Crippen LogP contribution in [0.1, 0.15) is 24.3 Å². The first-order valence-electron chi connectivity index (χ1n) is 10.8. The highest BCUT2D eigenvalue weighted by Gasteiger charge is 2.40. The highest BCUT2D eigenvalue weighted by molar-refractivity contribution is 9.10. The van der Waals surface area contributed by atoms with Gasteiger partial charge < -0.3 is 20.4 Å². The third-order valence-corrected chi connectivity index (χ3v) is 6.37. The number of aromatic amines is 1. The third-order valence-electron chi connectivity index (χ3n) is 5.84. The predicted molar refractivity (Wildman–Crippen MR) is 131 cm³/mol.